The van der Waals surface area contributed by atoms with Gasteiger partial charge in [0.1, 0.15) is 0 Å². The molecule has 5 amide bonds. The van der Waals surface area contributed by atoms with Gasteiger partial charge in [-0.15, -0.1) is 0 Å². The molecule has 14 N–H and O–H groups in total. The summed E-state index contributed by atoms with van der Waals surface area (Å²) in [6.07, 6.45) is 9.52. The first-order valence-corrected chi connectivity index (χ1v) is 44.8. The van der Waals surface area contributed by atoms with Gasteiger partial charge in [0.25, 0.3) is 33.7 Å². The van der Waals surface area contributed by atoms with Crippen molar-refractivity contribution >= 4 is 104 Å². The van der Waals surface area contributed by atoms with E-state index in [2.05, 4.69) is 39.8 Å². The van der Waals surface area contributed by atoms with Crippen molar-refractivity contribution in [1.82, 2.24) is 64.3 Å². The van der Waals surface area contributed by atoms with Gasteiger partial charge in [0, 0.05) is 206 Å². The Bertz CT molecular complexity index is 6490. The molecule has 6 aromatic heterocycles. The number of carbonyl (C=O) groups excluding carboxylic acids is 5. The highest BCUT2D eigenvalue weighted by molar-refractivity contribution is 7.92. The van der Waals surface area contributed by atoms with E-state index in [1.807, 2.05) is 118 Å². The molecule has 5 aliphatic heterocycles. The number of amides is 5. The van der Waals surface area contributed by atoms with Crippen LogP contribution in [0.4, 0.5) is 0 Å². The van der Waals surface area contributed by atoms with Gasteiger partial charge in [-0.2, -0.15) is 0 Å². The van der Waals surface area contributed by atoms with Crippen molar-refractivity contribution in [2.75, 3.05) is 78.0 Å². The number of carbonyl (C=O) groups is 5. The van der Waals surface area contributed by atoms with E-state index in [0.717, 1.165) is 102 Å². The molecule has 1 aliphatic carbocycles. The first kappa shape index (κ1) is 87.2. The van der Waals surface area contributed by atoms with Gasteiger partial charge in [0.05, 0.1) is 41.1 Å². The lowest BCUT2D eigenvalue weighted by atomic mass is 9.91. The normalized spacial score (nSPS) is 16.6. The van der Waals surface area contributed by atoms with Crippen molar-refractivity contribution in [1.29, 1.82) is 0 Å². The number of aromatic nitrogens is 7. The first-order valence-electron chi connectivity index (χ1n) is 41.5. The summed E-state index contributed by atoms with van der Waals surface area (Å²) in [6.45, 7) is 11.0. The van der Waals surface area contributed by atoms with Gasteiger partial charge < -0.3 is 82.2 Å². The fourth-order valence-electron chi connectivity index (χ4n) is 17.1. The molecule has 1 saturated heterocycles. The number of aromatic amines is 6. The van der Waals surface area contributed by atoms with Crippen LogP contribution in [0, 0.1) is 5.92 Å². The second kappa shape index (κ2) is 38.1. The summed E-state index contributed by atoms with van der Waals surface area (Å²) in [7, 11) is -2.58. The van der Waals surface area contributed by atoms with Gasteiger partial charge in [0.2, 0.25) is 23.6 Å². The molecule has 30 nitrogen and oxygen atoms in total. The molecule has 2 unspecified atom stereocenters. The molecule has 642 valence electrons. The molecule has 6 aliphatic rings. The monoisotopic (exact) mass is 1710 g/mol. The van der Waals surface area contributed by atoms with E-state index in [1.165, 1.54) is 6.07 Å². The molecule has 18 rings (SSSR count). The molecule has 0 saturated carbocycles. The second-order valence-electron chi connectivity index (χ2n) is 32.4. The summed E-state index contributed by atoms with van der Waals surface area (Å²) in [5.41, 5.74) is 33.7. The Morgan fingerprint density at radius 3 is 1.26 bits per heavy atom. The maximum absolute atomic E-state index is 13.6. The highest BCUT2D eigenvalue weighted by atomic mass is 32.2. The van der Waals surface area contributed by atoms with Crippen molar-refractivity contribution in [3.8, 4) is 0 Å². The van der Waals surface area contributed by atoms with Gasteiger partial charge in [-0.3, -0.25) is 52.2 Å². The third-order valence-electron chi connectivity index (χ3n) is 24.1. The standard InChI is InChI=1S/C25H27N3O4S.C18H19N5O2.C17H21N3O3S.C17H21N3O2.C14H15N3O2/c1-27-11-13-28(14-12-27)25(30)17-5-4-6-18(15-17)33(31,32)19-9-10-23-22(16-19)20-7-2-3-8-21(20)24(29)26-23;19-15(7-11-8-20-10-21-11)18(25)23-6-5-16-14(9-23)12-3-1-2-4-13(12)17(24)22-16;1-24(23)9-7-14(18)17(22)20-8-6-15-13(10-20)11-4-2-3-5-12(11)16(21)19-15;1-10(2)15(18)17(22)20-8-7-14-13(9-20)11-5-3-4-6-12(11)16(21)19-14;15-7-13(18)17-6-5-12-11(8-17)9-3-1-2-4-10(9)14(19)16-12/h2-8,15,19H,9-14,16H2,1H3,(H,26,29);1-4,8,10,15H,5-7,9,19H2,(H,20,21)(H,22,24);2-5,14H,6-10,18H2,1H3,(H,19,21);3-6,10,15H,7-9,18H2,1-2H3,(H,19,21);1-4H,5-8,15H2,(H,16,19)/t;15-;14-,24?;15-;/m.111./s1. The third-order valence-corrected chi connectivity index (χ3v) is 27.2. The van der Waals surface area contributed by atoms with E-state index in [9.17, 15) is 60.6 Å². The van der Waals surface area contributed by atoms with E-state index in [-0.39, 0.29) is 74.7 Å². The van der Waals surface area contributed by atoms with E-state index >= 15 is 0 Å². The lowest BCUT2D eigenvalue weighted by Gasteiger charge is -2.32. The molecule has 6 aromatic carbocycles. The number of sulfone groups is 1. The fourth-order valence-corrected chi connectivity index (χ4v) is 19.5. The third kappa shape index (κ3) is 19.2. The van der Waals surface area contributed by atoms with Gasteiger partial charge in [-0.1, -0.05) is 111 Å². The highest BCUT2D eigenvalue weighted by Crippen LogP contribution is 2.34. The number of nitrogens with one attached hydrogen (secondary N) is 6. The van der Waals surface area contributed by atoms with Gasteiger partial charge in [-0.25, -0.2) is 13.4 Å². The average Bonchev–Trinajstić information content (AvgIpc) is 0.908. The number of pyridine rings is 5. The molecular weight excluding hydrogens is 1600 g/mol. The molecule has 11 heterocycles. The van der Waals surface area contributed by atoms with Crippen LogP contribution < -0.4 is 50.7 Å². The van der Waals surface area contributed by atoms with Crippen LogP contribution in [0.1, 0.15) is 99.0 Å². The number of nitrogens with two attached hydrogens (primary N) is 4. The molecule has 32 heteroatoms. The number of piperazine rings is 1. The first-order chi connectivity index (χ1) is 59.1. The Kier molecular flexibility index (Phi) is 27.0. The smallest absolute Gasteiger partial charge is 0.256 e. The van der Waals surface area contributed by atoms with E-state index in [0.29, 0.717) is 161 Å². The zero-order chi connectivity index (χ0) is 87.1. The van der Waals surface area contributed by atoms with Crippen LogP contribution in [0.25, 0.3) is 53.9 Å². The number of likely N-dealkylation sites (N-methyl/N-ethyl adjacent to an activating group) is 1. The van der Waals surface area contributed by atoms with Crippen molar-refractivity contribution in [2.45, 2.75) is 126 Å². The van der Waals surface area contributed by atoms with Crippen LogP contribution in [0.3, 0.4) is 0 Å². The average molecular weight is 1710 g/mol. The van der Waals surface area contributed by atoms with Crippen LogP contribution in [0.2, 0.25) is 0 Å². The Morgan fingerprint density at radius 1 is 0.480 bits per heavy atom. The molecule has 0 bridgehead atoms. The molecule has 0 radical (unpaired) electrons. The summed E-state index contributed by atoms with van der Waals surface area (Å²) >= 11 is 0. The van der Waals surface area contributed by atoms with Crippen LogP contribution in [0.15, 0.2) is 187 Å². The highest BCUT2D eigenvalue weighted by Gasteiger charge is 2.36. The second-order valence-corrected chi connectivity index (χ2v) is 36.2. The molecule has 0 spiro atoms. The number of nitrogens with zero attached hydrogens (tertiary/aromatic N) is 7. The summed E-state index contributed by atoms with van der Waals surface area (Å²) < 4.78 is 38.4. The lowest BCUT2D eigenvalue weighted by Crippen LogP contribution is -2.48. The summed E-state index contributed by atoms with van der Waals surface area (Å²) in [4.78, 5) is 156. The van der Waals surface area contributed by atoms with E-state index in [1.54, 1.807) is 85.7 Å². The fraction of sp³-hybridized carbons (Fsp3) is 0.352. The van der Waals surface area contributed by atoms with E-state index in [4.69, 9.17) is 22.9 Å². The van der Waals surface area contributed by atoms with Gasteiger partial charge >= 0.3 is 0 Å². The maximum Gasteiger partial charge on any atom is 0.256 e. The van der Waals surface area contributed by atoms with Crippen molar-refractivity contribution in [3.63, 3.8) is 0 Å². The zero-order valence-electron chi connectivity index (χ0n) is 69.2. The number of benzene rings is 6. The van der Waals surface area contributed by atoms with Crippen LogP contribution >= 0.6 is 0 Å². The molecule has 123 heavy (non-hydrogen) atoms. The minimum atomic E-state index is -3.65. The summed E-state index contributed by atoms with van der Waals surface area (Å²) in [5.74, 6) is 0.126. The predicted molar refractivity (Wildman–Crippen MR) is 476 cm³/mol. The summed E-state index contributed by atoms with van der Waals surface area (Å²) in [6, 6.07) is 42.0. The minimum absolute atomic E-state index is 0.0177. The Balaban J connectivity index is 0.000000127. The number of fused-ring (bicyclic) bond motifs is 15. The number of H-pyrrole nitrogens is 6. The number of imidazole rings is 1. The number of aryl methyl sites for hydroxylation is 1. The SMILES string of the molecule is CC(C)[C@@H](N)C(=O)N1CCc2[nH]c(=O)c3ccccc3c2C1.CN1CCN(C(=O)c2cccc(S(=O)(=O)C3CCc4[nH]c(=O)c5ccccc5c4C3)c2)CC1.CS(=O)CC[C@@H](N)C(=O)N1CCc2[nH]c(=O)c3ccccc3c2C1.NCC(=O)N1CCc2[nH]c(=O)c3ccccc3c2C1.N[C@H](Cc1cnc[nH]1)C(=O)N1CCc2[nH]c(=O)c3ccccc3c2C1. The predicted octanol–water partition coefficient (Wildman–Crippen LogP) is 5.23. The molecule has 1 fully saturated rings. The van der Waals surface area contributed by atoms with Gasteiger partial charge in [-0.05, 0) is 142 Å². The van der Waals surface area contributed by atoms with Crippen molar-refractivity contribution in [3.05, 3.63) is 277 Å². The number of rotatable bonds is 13. The zero-order valence-corrected chi connectivity index (χ0v) is 70.9. The Labute approximate surface area is 711 Å². The largest absolute Gasteiger partial charge is 0.348 e. The van der Waals surface area contributed by atoms with Crippen molar-refractivity contribution < 1.29 is 36.6 Å². The molecule has 12 aromatic rings. The van der Waals surface area contributed by atoms with Gasteiger partial charge in [0.15, 0.2) is 9.84 Å². The lowest BCUT2D eigenvalue weighted by molar-refractivity contribution is -0.135. The minimum Gasteiger partial charge on any atom is -0.348 e. The Morgan fingerprint density at radius 2 is 0.862 bits per heavy atom. The van der Waals surface area contributed by atoms with Crippen LogP contribution in [-0.2, 0) is 111 Å². The van der Waals surface area contributed by atoms with E-state index < -0.39 is 44.0 Å². The quantitative estimate of drug-likeness (QED) is 0.0706. The topological polar surface area (TPSA) is 453 Å². The maximum atomic E-state index is 13.6. The van der Waals surface area contributed by atoms with Crippen LogP contribution in [-0.4, -0.2) is 208 Å². The van der Waals surface area contributed by atoms with Crippen molar-refractivity contribution in [2.24, 2.45) is 28.9 Å². The molecular formula is C91H103N17O13S2. The molecule has 5 atom stereocenters. The number of hydrogen-bond donors (Lipinski definition) is 10. The Hall–Kier alpha value is -12.2. The summed E-state index contributed by atoms with van der Waals surface area (Å²) in [5, 5.41) is 7.06. The number of hydrogen-bond acceptors (Lipinski definition) is 19. The van der Waals surface area contributed by atoms with Crippen LogP contribution in [0.5, 0.6) is 0 Å².